The van der Waals surface area contributed by atoms with Gasteiger partial charge in [0.15, 0.2) is 0 Å². The van der Waals surface area contributed by atoms with Crippen molar-refractivity contribution in [2.75, 3.05) is 0 Å². The van der Waals surface area contributed by atoms with E-state index in [4.69, 9.17) is 0 Å². The third kappa shape index (κ3) is 18.2. The fourth-order valence-electron chi connectivity index (χ4n) is 7.19. The zero-order chi connectivity index (χ0) is 33.1. The van der Waals surface area contributed by atoms with E-state index in [0.29, 0.717) is 6.42 Å². The van der Waals surface area contributed by atoms with E-state index >= 15 is 0 Å². The van der Waals surface area contributed by atoms with Gasteiger partial charge in [0.05, 0.1) is 4.90 Å². The second-order valence-corrected chi connectivity index (χ2v) is 15.6. The van der Waals surface area contributed by atoms with Crippen LogP contribution in [0.15, 0.2) is 35.2 Å². The van der Waals surface area contributed by atoms with Crippen LogP contribution in [0.1, 0.15) is 205 Å². The maximum Gasteiger partial charge on any atom is 0.294 e. The Morgan fingerprint density at radius 2 is 0.804 bits per heavy atom. The first kappa shape index (κ1) is 40.8. The largest absolute Gasteiger partial charge is 0.294 e. The van der Waals surface area contributed by atoms with Gasteiger partial charge < -0.3 is 0 Å². The number of fused-ring (bicyclic) bond motifs is 1. The molecule has 46 heavy (non-hydrogen) atoms. The Morgan fingerprint density at radius 1 is 0.435 bits per heavy atom. The number of rotatable bonds is 31. The summed E-state index contributed by atoms with van der Waals surface area (Å²) in [5.74, 6) is 0. The quantitative estimate of drug-likeness (QED) is 0.0649. The molecule has 3 nitrogen and oxygen atoms in total. The van der Waals surface area contributed by atoms with E-state index in [-0.39, 0.29) is 4.90 Å². The fourth-order valence-corrected chi connectivity index (χ4v) is 7.95. The lowest BCUT2D eigenvalue weighted by Gasteiger charge is -2.14. The van der Waals surface area contributed by atoms with Gasteiger partial charge in [0.25, 0.3) is 10.1 Å². The van der Waals surface area contributed by atoms with Gasteiger partial charge in [-0.2, -0.15) is 8.42 Å². The Morgan fingerprint density at radius 3 is 1.20 bits per heavy atom. The summed E-state index contributed by atoms with van der Waals surface area (Å²) in [5.41, 5.74) is 2.11. The first-order chi connectivity index (χ1) is 22.5. The van der Waals surface area contributed by atoms with Crippen LogP contribution in [-0.4, -0.2) is 13.0 Å². The number of hydrogen-bond acceptors (Lipinski definition) is 2. The summed E-state index contributed by atoms with van der Waals surface area (Å²) in [6.07, 6.45) is 39.0. The lowest BCUT2D eigenvalue weighted by Crippen LogP contribution is -2.05. The molecule has 0 saturated heterocycles. The molecule has 0 saturated carbocycles. The van der Waals surface area contributed by atoms with Crippen molar-refractivity contribution in [3.05, 3.63) is 41.5 Å². The second kappa shape index (κ2) is 26.6. The minimum absolute atomic E-state index is 0.100. The van der Waals surface area contributed by atoms with Crippen LogP contribution in [0.2, 0.25) is 0 Å². The summed E-state index contributed by atoms with van der Waals surface area (Å²) in [4.78, 5) is 0.100. The van der Waals surface area contributed by atoms with E-state index in [1.165, 1.54) is 173 Å². The van der Waals surface area contributed by atoms with Crippen molar-refractivity contribution in [2.45, 2.75) is 211 Å². The number of hydrogen-bond donors (Lipinski definition) is 1. The second-order valence-electron chi connectivity index (χ2n) is 14.2. The molecule has 264 valence electrons. The maximum absolute atomic E-state index is 12.3. The van der Waals surface area contributed by atoms with Crippen molar-refractivity contribution in [2.24, 2.45) is 0 Å². The molecular formula is C42H72O3S. The van der Waals surface area contributed by atoms with Crippen molar-refractivity contribution in [1.82, 2.24) is 0 Å². The molecule has 0 unspecified atom stereocenters. The molecule has 4 heteroatoms. The minimum atomic E-state index is -4.25. The molecule has 0 radical (unpaired) electrons. The van der Waals surface area contributed by atoms with Gasteiger partial charge in [-0.15, -0.1) is 0 Å². The van der Waals surface area contributed by atoms with Crippen LogP contribution in [0, 0.1) is 0 Å². The Bertz CT molecular complexity index is 1120. The predicted octanol–water partition coefficient (Wildman–Crippen LogP) is 14.1. The minimum Gasteiger partial charge on any atom is -0.282 e. The van der Waals surface area contributed by atoms with Crippen molar-refractivity contribution in [3.63, 3.8) is 0 Å². The van der Waals surface area contributed by atoms with Crippen LogP contribution in [-0.2, 0) is 23.0 Å². The lowest BCUT2D eigenvalue weighted by molar-refractivity contribution is 0.482. The van der Waals surface area contributed by atoms with Crippen molar-refractivity contribution < 1.29 is 13.0 Å². The summed E-state index contributed by atoms with van der Waals surface area (Å²) < 4.78 is 34.6. The summed E-state index contributed by atoms with van der Waals surface area (Å²) in [6.45, 7) is 4.56. The number of unbranched alkanes of at least 4 members (excludes halogenated alkanes) is 26. The van der Waals surface area contributed by atoms with Gasteiger partial charge in [-0.1, -0.05) is 205 Å². The summed E-state index contributed by atoms with van der Waals surface area (Å²) >= 11 is 0. The van der Waals surface area contributed by atoms with Crippen molar-refractivity contribution >= 4 is 20.9 Å². The average molecular weight is 657 g/mol. The molecule has 2 aromatic rings. The SMILES string of the molecule is CCCCCCCCCCCCCCCCc1cccc2c(CCCCCCCCCCCCCCCC)c(S(=O)(=O)O)ccc12. The third-order valence-electron chi connectivity index (χ3n) is 10.1. The number of benzene rings is 2. The van der Waals surface area contributed by atoms with Gasteiger partial charge in [0.2, 0.25) is 0 Å². The third-order valence-corrected chi connectivity index (χ3v) is 11.0. The smallest absolute Gasteiger partial charge is 0.282 e. The van der Waals surface area contributed by atoms with Crippen molar-refractivity contribution in [1.29, 1.82) is 0 Å². The highest BCUT2D eigenvalue weighted by atomic mass is 32.2. The van der Waals surface area contributed by atoms with Crippen LogP contribution >= 0.6 is 0 Å². The van der Waals surface area contributed by atoms with Crippen molar-refractivity contribution in [3.8, 4) is 0 Å². The van der Waals surface area contributed by atoms with Gasteiger partial charge in [-0.25, -0.2) is 0 Å². The van der Waals surface area contributed by atoms with E-state index < -0.39 is 10.1 Å². The molecule has 0 spiro atoms. The van der Waals surface area contributed by atoms with E-state index in [0.717, 1.165) is 35.6 Å². The summed E-state index contributed by atoms with van der Waals surface area (Å²) in [7, 11) is -4.25. The molecule has 0 aromatic heterocycles. The van der Waals surface area contributed by atoms with Gasteiger partial charge >= 0.3 is 0 Å². The highest BCUT2D eigenvalue weighted by Gasteiger charge is 2.18. The van der Waals surface area contributed by atoms with Gasteiger partial charge in [-0.05, 0) is 53.6 Å². The van der Waals surface area contributed by atoms with Crippen LogP contribution in [0.5, 0.6) is 0 Å². The van der Waals surface area contributed by atoms with Gasteiger partial charge in [-0.3, -0.25) is 4.55 Å². The molecule has 0 bridgehead atoms. The van der Waals surface area contributed by atoms with E-state index in [2.05, 4.69) is 32.0 Å². The maximum atomic E-state index is 12.3. The molecular weight excluding hydrogens is 585 g/mol. The van der Waals surface area contributed by atoms with Gasteiger partial charge in [0, 0.05) is 0 Å². The molecule has 0 aliphatic carbocycles. The molecule has 0 fully saturated rings. The average Bonchev–Trinajstić information content (AvgIpc) is 3.04. The molecule has 0 atom stereocenters. The monoisotopic (exact) mass is 657 g/mol. The van der Waals surface area contributed by atoms with Gasteiger partial charge in [0.1, 0.15) is 0 Å². The molecule has 2 rings (SSSR count). The molecule has 2 aromatic carbocycles. The molecule has 0 amide bonds. The molecule has 0 aliphatic heterocycles. The van der Waals surface area contributed by atoms with E-state index in [1.54, 1.807) is 6.07 Å². The zero-order valence-electron chi connectivity index (χ0n) is 30.3. The highest BCUT2D eigenvalue weighted by Crippen LogP contribution is 2.31. The molecule has 0 heterocycles. The van der Waals surface area contributed by atoms with E-state index in [1.807, 2.05) is 6.07 Å². The Labute approximate surface area is 285 Å². The molecule has 0 aliphatic rings. The highest BCUT2D eigenvalue weighted by molar-refractivity contribution is 7.85. The first-order valence-electron chi connectivity index (χ1n) is 20.0. The Kier molecular flexibility index (Phi) is 23.5. The van der Waals surface area contributed by atoms with Crippen LogP contribution in [0.3, 0.4) is 0 Å². The fraction of sp³-hybridized carbons (Fsp3) is 0.762. The molecule has 1 N–H and O–H groups in total. The zero-order valence-corrected chi connectivity index (χ0v) is 31.1. The summed E-state index contributed by atoms with van der Waals surface area (Å²) in [6, 6.07) is 9.90. The first-order valence-corrected chi connectivity index (χ1v) is 21.4. The topological polar surface area (TPSA) is 54.4 Å². The normalized spacial score (nSPS) is 12.0. The predicted molar refractivity (Wildman–Crippen MR) is 202 cm³/mol. The standard InChI is InChI=1S/C42H72O3S/c1-3-5-7-9-11-13-15-17-19-21-23-25-27-29-32-38-33-31-35-40-39(38)36-37-42(46(43,44)45)41(40)34-30-28-26-24-22-20-18-16-14-12-10-8-6-4-2/h31,33,35-37H,3-30,32,34H2,1-2H3,(H,43,44,45). The number of aryl methyl sites for hydroxylation is 2. The van der Waals surface area contributed by atoms with Crippen LogP contribution in [0.25, 0.3) is 10.8 Å². The van der Waals surface area contributed by atoms with Crippen LogP contribution in [0.4, 0.5) is 0 Å². The Hall–Kier alpha value is -1.39. The summed E-state index contributed by atoms with van der Waals surface area (Å²) in [5, 5.41) is 2.16. The van der Waals surface area contributed by atoms with E-state index in [9.17, 15) is 13.0 Å². The van der Waals surface area contributed by atoms with Crippen LogP contribution < -0.4 is 0 Å². The lowest BCUT2D eigenvalue weighted by atomic mass is 9.94. The Balaban J connectivity index is 1.69.